The predicted octanol–water partition coefficient (Wildman–Crippen LogP) is 4.38. The van der Waals surface area contributed by atoms with Crippen molar-refractivity contribution < 1.29 is 9.59 Å². The molecule has 2 aromatic rings. The van der Waals surface area contributed by atoms with Crippen molar-refractivity contribution in [1.29, 1.82) is 0 Å². The lowest BCUT2D eigenvalue weighted by atomic mass is 10.2. The van der Waals surface area contributed by atoms with E-state index in [9.17, 15) is 9.59 Å². The van der Waals surface area contributed by atoms with Gasteiger partial charge in [0.15, 0.2) is 0 Å². The number of carbonyl (C=O) groups excluding carboxylic acids is 2. The summed E-state index contributed by atoms with van der Waals surface area (Å²) in [6.45, 7) is 1.67. The predicted molar refractivity (Wildman–Crippen MR) is 94.2 cm³/mol. The number of para-hydroxylation sites is 2. The lowest BCUT2D eigenvalue weighted by Gasteiger charge is -2.22. The van der Waals surface area contributed by atoms with Crippen LogP contribution in [0, 0.1) is 0 Å². The topological polar surface area (TPSA) is 49.4 Å². The standard InChI is InChI=1S/C17H16Cl2N2O2/c1-12(22)21(16-9-5-3-7-14(16)19)11-10-17(23)20-15-8-4-2-6-13(15)18/h2-9H,10-11H2,1H3,(H,20,23). The van der Waals surface area contributed by atoms with Crippen LogP contribution in [0.3, 0.4) is 0 Å². The van der Waals surface area contributed by atoms with Crippen molar-refractivity contribution in [1.82, 2.24) is 0 Å². The van der Waals surface area contributed by atoms with E-state index in [-0.39, 0.29) is 24.8 Å². The number of anilines is 2. The Morgan fingerprint density at radius 3 is 2.22 bits per heavy atom. The van der Waals surface area contributed by atoms with Crippen molar-refractivity contribution in [3.8, 4) is 0 Å². The first-order valence-electron chi connectivity index (χ1n) is 7.06. The summed E-state index contributed by atoms with van der Waals surface area (Å²) < 4.78 is 0. The molecule has 6 heteroatoms. The van der Waals surface area contributed by atoms with Gasteiger partial charge in [0.05, 0.1) is 21.4 Å². The number of nitrogens with one attached hydrogen (secondary N) is 1. The largest absolute Gasteiger partial charge is 0.325 e. The van der Waals surface area contributed by atoms with Crippen molar-refractivity contribution in [2.45, 2.75) is 13.3 Å². The first-order valence-corrected chi connectivity index (χ1v) is 7.81. The molecule has 0 bridgehead atoms. The molecular formula is C17H16Cl2N2O2. The third-order valence-electron chi connectivity index (χ3n) is 3.23. The Morgan fingerprint density at radius 2 is 1.61 bits per heavy atom. The maximum absolute atomic E-state index is 12.1. The van der Waals surface area contributed by atoms with Crippen LogP contribution in [0.5, 0.6) is 0 Å². The molecule has 0 atom stereocenters. The highest BCUT2D eigenvalue weighted by Gasteiger charge is 2.16. The number of benzene rings is 2. The van der Waals surface area contributed by atoms with E-state index in [0.717, 1.165) is 0 Å². The zero-order valence-electron chi connectivity index (χ0n) is 12.6. The van der Waals surface area contributed by atoms with Gasteiger partial charge < -0.3 is 10.2 Å². The zero-order chi connectivity index (χ0) is 16.8. The van der Waals surface area contributed by atoms with Crippen LogP contribution in [0.1, 0.15) is 13.3 Å². The van der Waals surface area contributed by atoms with Crippen molar-refractivity contribution in [2.75, 3.05) is 16.8 Å². The summed E-state index contributed by atoms with van der Waals surface area (Å²) in [7, 11) is 0. The minimum atomic E-state index is -0.226. The molecule has 0 aliphatic heterocycles. The highest BCUT2D eigenvalue weighted by Crippen LogP contribution is 2.26. The number of hydrogen-bond donors (Lipinski definition) is 1. The fraction of sp³-hybridized carbons (Fsp3) is 0.176. The van der Waals surface area contributed by atoms with Gasteiger partial charge in [-0.2, -0.15) is 0 Å². The van der Waals surface area contributed by atoms with Crippen LogP contribution < -0.4 is 10.2 Å². The number of halogens is 2. The Labute approximate surface area is 145 Å². The normalized spacial score (nSPS) is 10.2. The fourth-order valence-corrected chi connectivity index (χ4v) is 2.53. The third kappa shape index (κ3) is 4.71. The van der Waals surface area contributed by atoms with E-state index in [1.54, 1.807) is 48.5 Å². The number of rotatable bonds is 5. The number of amides is 2. The van der Waals surface area contributed by atoms with Gasteiger partial charge in [-0.1, -0.05) is 47.5 Å². The minimum absolute atomic E-state index is 0.135. The molecule has 23 heavy (non-hydrogen) atoms. The highest BCUT2D eigenvalue weighted by atomic mass is 35.5. The van der Waals surface area contributed by atoms with Crippen LogP contribution in [0.25, 0.3) is 0 Å². The van der Waals surface area contributed by atoms with Gasteiger partial charge >= 0.3 is 0 Å². The Hall–Kier alpha value is -2.04. The maximum atomic E-state index is 12.1. The molecule has 0 spiro atoms. The molecule has 0 saturated heterocycles. The van der Waals surface area contributed by atoms with Crippen LogP contribution in [-0.4, -0.2) is 18.4 Å². The second-order valence-electron chi connectivity index (χ2n) is 4.90. The van der Waals surface area contributed by atoms with Crippen LogP contribution in [0.2, 0.25) is 10.0 Å². The second kappa shape index (κ2) is 7.99. The van der Waals surface area contributed by atoms with Gasteiger partial charge in [-0.3, -0.25) is 9.59 Å². The summed E-state index contributed by atoms with van der Waals surface area (Å²) >= 11 is 12.1. The first-order chi connectivity index (χ1) is 11.0. The molecule has 1 N–H and O–H groups in total. The lowest BCUT2D eigenvalue weighted by Crippen LogP contribution is -2.32. The molecule has 0 fully saturated rings. The third-order valence-corrected chi connectivity index (χ3v) is 3.88. The van der Waals surface area contributed by atoms with E-state index < -0.39 is 0 Å². The summed E-state index contributed by atoms with van der Waals surface area (Å²) in [5.74, 6) is -0.403. The van der Waals surface area contributed by atoms with Gasteiger partial charge in [-0.15, -0.1) is 0 Å². The van der Waals surface area contributed by atoms with E-state index in [2.05, 4.69) is 5.32 Å². The molecule has 0 aromatic heterocycles. The number of nitrogens with zero attached hydrogens (tertiary/aromatic N) is 1. The van der Waals surface area contributed by atoms with Crippen LogP contribution in [0.15, 0.2) is 48.5 Å². The molecule has 0 saturated carbocycles. The first kappa shape index (κ1) is 17.3. The Morgan fingerprint density at radius 1 is 1.00 bits per heavy atom. The Balaban J connectivity index is 2.02. The van der Waals surface area contributed by atoms with Crippen molar-refractivity contribution in [3.05, 3.63) is 58.6 Å². The molecule has 4 nitrogen and oxygen atoms in total. The van der Waals surface area contributed by atoms with Gasteiger partial charge in [0.2, 0.25) is 11.8 Å². The van der Waals surface area contributed by atoms with E-state index in [1.807, 2.05) is 0 Å². The summed E-state index contributed by atoms with van der Waals surface area (Å²) in [4.78, 5) is 25.4. The molecule has 0 aliphatic carbocycles. The number of hydrogen-bond acceptors (Lipinski definition) is 2. The molecule has 2 amide bonds. The number of carbonyl (C=O) groups is 2. The maximum Gasteiger partial charge on any atom is 0.226 e. The molecule has 120 valence electrons. The van der Waals surface area contributed by atoms with E-state index >= 15 is 0 Å². The molecule has 0 radical (unpaired) electrons. The fourth-order valence-electron chi connectivity index (χ4n) is 2.11. The molecular weight excluding hydrogens is 335 g/mol. The summed E-state index contributed by atoms with van der Waals surface area (Å²) in [5, 5.41) is 3.66. The summed E-state index contributed by atoms with van der Waals surface area (Å²) in [6, 6.07) is 14.0. The highest BCUT2D eigenvalue weighted by molar-refractivity contribution is 6.34. The van der Waals surface area contributed by atoms with Gasteiger partial charge in [0, 0.05) is 19.9 Å². The van der Waals surface area contributed by atoms with Crippen molar-refractivity contribution >= 4 is 46.4 Å². The van der Waals surface area contributed by atoms with Gasteiger partial charge in [-0.05, 0) is 24.3 Å². The van der Waals surface area contributed by atoms with Crippen molar-refractivity contribution in [2.24, 2.45) is 0 Å². The van der Waals surface area contributed by atoms with Crippen LogP contribution in [-0.2, 0) is 9.59 Å². The molecule has 0 aliphatic rings. The second-order valence-corrected chi connectivity index (χ2v) is 5.71. The quantitative estimate of drug-likeness (QED) is 0.869. The van der Waals surface area contributed by atoms with E-state index in [0.29, 0.717) is 21.4 Å². The Kier molecular flexibility index (Phi) is 6.02. The molecule has 2 aromatic carbocycles. The average Bonchev–Trinajstić information content (AvgIpc) is 2.51. The minimum Gasteiger partial charge on any atom is -0.325 e. The average molecular weight is 351 g/mol. The SMILES string of the molecule is CC(=O)N(CCC(=O)Nc1ccccc1Cl)c1ccccc1Cl. The summed E-state index contributed by atoms with van der Waals surface area (Å²) in [6.07, 6.45) is 0.135. The smallest absolute Gasteiger partial charge is 0.226 e. The molecule has 2 rings (SSSR count). The Bertz CT molecular complexity index is 719. The van der Waals surface area contributed by atoms with Gasteiger partial charge in [0.25, 0.3) is 0 Å². The van der Waals surface area contributed by atoms with E-state index in [1.165, 1.54) is 11.8 Å². The van der Waals surface area contributed by atoms with Gasteiger partial charge in [0.1, 0.15) is 0 Å². The molecule has 0 heterocycles. The zero-order valence-corrected chi connectivity index (χ0v) is 14.1. The molecule has 0 unspecified atom stereocenters. The lowest BCUT2D eigenvalue weighted by molar-refractivity contribution is -0.117. The van der Waals surface area contributed by atoms with Crippen LogP contribution >= 0.6 is 23.2 Å². The monoisotopic (exact) mass is 350 g/mol. The van der Waals surface area contributed by atoms with Crippen molar-refractivity contribution in [3.63, 3.8) is 0 Å². The van der Waals surface area contributed by atoms with E-state index in [4.69, 9.17) is 23.2 Å². The van der Waals surface area contributed by atoms with Crippen LogP contribution in [0.4, 0.5) is 11.4 Å². The van der Waals surface area contributed by atoms with Gasteiger partial charge in [-0.25, -0.2) is 0 Å². The summed E-state index contributed by atoms with van der Waals surface area (Å²) in [5.41, 5.74) is 1.14.